The van der Waals surface area contributed by atoms with E-state index in [-0.39, 0.29) is 168 Å². The highest BCUT2D eigenvalue weighted by molar-refractivity contribution is 6.20. The Hall–Kier alpha value is -14.5. The van der Waals surface area contributed by atoms with E-state index in [1.807, 2.05) is 97.1 Å². The van der Waals surface area contributed by atoms with Crippen LogP contribution in [-0.4, -0.2) is 9.13 Å². The molecule has 144 heavy (non-hydrogen) atoms. The van der Waals surface area contributed by atoms with Gasteiger partial charge in [0, 0.05) is 64.6 Å². The molecule has 0 amide bonds. The number of nitrogens with zero attached hydrogens (tertiary/aromatic N) is 2. The highest BCUT2D eigenvalue weighted by Crippen LogP contribution is 2.54. The lowest BCUT2D eigenvalue weighted by atomic mass is 9.73. The first-order chi connectivity index (χ1) is 76.5. The quantitative estimate of drug-likeness (QED) is 0.160. The summed E-state index contributed by atoms with van der Waals surface area (Å²) in [6.07, 6.45) is 0. The molecule has 0 aliphatic carbocycles. The molecule has 17 aromatic carbocycles. The molecule has 0 spiro atoms. The smallest absolute Gasteiger partial charge is 0.136 e. The van der Waals surface area contributed by atoms with Crippen LogP contribution in [0.25, 0.3) is 198 Å². The van der Waals surface area contributed by atoms with E-state index in [2.05, 4.69) is 323 Å². The fourth-order valence-corrected chi connectivity index (χ4v) is 21.3. The fraction of sp³-hybridized carbons (Fsp3) is 0.261. The van der Waals surface area contributed by atoms with E-state index in [0.29, 0.717) is 61.3 Å². The van der Waals surface area contributed by atoms with Crippen molar-refractivity contribution in [1.82, 2.24) is 9.13 Å². The first-order valence-electron chi connectivity index (χ1n) is 60.0. The lowest BCUT2D eigenvalue weighted by molar-refractivity contribution is 0.534. The second-order valence-corrected chi connectivity index (χ2v) is 47.7. The minimum absolute atomic E-state index is 0.0186. The third-order valence-corrected chi connectivity index (χ3v) is 28.0. The van der Waals surface area contributed by atoms with Gasteiger partial charge in [-0.1, -0.05) is 435 Å². The third kappa shape index (κ3) is 17.7. The lowest BCUT2D eigenvalue weighted by Crippen LogP contribution is -2.22. The summed E-state index contributed by atoms with van der Waals surface area (Å²) in [5.74, 6) is 0. The maximum Gasteiger partial charge on any atom is 0.136 e. The van der Waals surface area contributed by atoms with E-state index < -0.39 is 24.2 Å². The number of rotatable bonds is 7. The zero-order chi connectivity index (χ0) is 119. The Morgan fingerprint density at radius 1 is 0.188 bits per heavy atom. The van der Waals surface area contributed by atoms with Crippen LogP contribution < -0.4 is 0 Å². The van der Waals surface area contributed by atoms with Crippen LogP contribution in [0.5, 0.6) is 0 Å². The van der Waals surface area contributed by atoms with Crippen molar-refractivity contribution in [3.63, 3.8) is 0 Å². The van der Waals surface area contributed by atoms with Crippen molar-refractivity contribution in [2.45, 2.75) is 236 Å². The zero-order valence-electron chi connectivity index (χ0n) is 108. The SMILES string of the molecule is [2H]c1c([2H])c([2H])c(-c2cccc3oc4ccc(-c5cc(C(C)(C)C)cc(C(C)(C)C)c5)c(C(C)(C)C)c4c23)c([2H])c1[2H].[2H]c1c([2H])c([2H])c(-c2cccc3oc4ccc(-n5c6ccc(C(C)(C)C)cc6c6cc(C(C)(C)C)ccc65)c(C(C)(C)C)c4c23)c([2H])c1[2H].[2H]c1c([2H])c([2H])c(-c2cccc3oc4ccc(-n5c6ccccc6c6ccccc65)c(C(C)(C)C)c4c23)c([2H])c1[2H].[2H]c1c([2H])c([2H])c(-c2cccc3oc4ccc(C(C)(C)C)c(C(C)(C)C)c4c23)c([2H])c1[2H]. The summed E-state index contributed by atoms with van der Waals surface area (Å²) < 4.78 is 199. The molecule has 0 fully saturated rings. The number of benzene rings is 17. The van der Waals surface area contributed by atoms with Crippen molar-refractivity contribution in [3.05, 3.63) is 395 Å². The van der Waals surface area contributed by atoms with Crippen molar-refractivity contribution in [3.8, 4) is 67.0 Å². The first-order valence-corrected chi connectivity index (χ1v) is 50.0. The van der Waals surface area contributed by atoms with Gasteiger partial charge < -0.3 is 26.8 Å². The topological polar surface area (TPSA) is 62.4 Å². The normalized spacial score (nSPS) is 14.8. The standard InChI is InChI=1S/C42H43NO.C36H40O.C34H27NO.C26H28O/c1-40(2,3)27-18-20-32-30(24-27)31-25-28(41(4,5)6)19-21-33(31)43(32)34-22-23-36-38(39(34)42(7,8)9)37-29(16-13-17-35(37)44-36)26-14-11-10-12-15-26;1-34(2,3)25-20-24(21-26(22-25)35(4,5)6)28-18-19-30-32(33(28)36(7,8)9)31-27(16-13-17-29(31)37-30)23-14-11-10-12-15-23;1-34(2,3)33-28(35-26-17-9-7-14-24(26)25-15-8-10-18-27(25)35)20-21-30-32(33)31-23(16-11-19-29(31)36-30)22-12-5-4-6-13-22;1-25(2,3)19-15-16-21-23(24(19)26(4,5)6)22-18(13-10-14-20(22)27-21)17-11-8-7-9-12-17/h10-25H,1-9H3;10-22H,1-9H3;4-21H,1-3H3;7-16H,1-6H3/i2*10D,11D,12D,14D,15D;4D,5D,6D,12D,13D;7D,8D,9D,11D,12D. The van der Waals surface area contributed by atoms with Gasteiger partial charge in [0.1, 0.15) is 44.7 Å². The van der Waals surface area contributed by atoms with Crippen LogP contribution in [-0.2, 0) is 48.7 Å². The van der Waals surface area contributed by atoms with Crippen LogP contribution in [0.4, 0.5) is 0 Å². The van der Waals surface area contributed by atoms with Gasteiger partial charge in [-0.2, -0.15) is 0 Å². The molecule has 0 radical (unpaired) electrons. The minimum Gasteiger partial charge on any atom is -0.456 e. The fourth-order valence-electron chi connectivity index (χ4n) is 21.3. The van der Waals surface area contributed by atoms with Gasteiger partial charge in [-0.25, -0.2) is 0 Å². The number of hydrogen-bond donors (Lipinski definition) is 0. The van der Waals surface area contributed by atoms with Crippen molar-refractivity contribution in [2.75, 3.05) is 0 Å². The molecule has 724 valence electrons. The van der Waals surface area contributed by atoms with Crippen LogP contribution in [0.2, 0.25) is 0 Å². The Labute approximate surface area is 878 Å². The monoisotopic (exact) mass is 1910 g/mol. The first kappa shape index (κ1) is 75.3. The maximum absolute atomic E-state index is 8.84. The highest BCUT2D eigenvalue weighted by atomic mass is 16.3. The molecule has 6 aromatic heterocycles. The summed E-state index contributed by atoms with van der Waals surface area (Å²) in [6.45, 7) is 59.6. The third-order valence-electron chi connectivity index (χ3n) is 28.0. The van der Waals surface area contributed by atoms with Gasteiger partial charge in [0.25, 0.3) is 0 Å². The van der Waals surface area contributed by atoms with Crippen LogP contribution in [0, 0.1) is 0 Å². The van der Waals surface area contributed by atoms with Crippen molar-refractivity contribution < 1.29 is 45.1 Å². The number of furan rings is 4. The molecular weight excluding hydrogens is 1750 g/mol. The molecular formula is C138H138N2O4. The van der Waals surface area contributed by atoms with Gasteiger partial charge in [0.15, 0.2) is 0 Å². The van der Waals surface area contributed by atoms with Crippen molar-refractivity contribution in [1.29, 1.82) is 0 Å². The average Bonchev–Trinajstić information content (AvgIpc) is 1.72. The van der Waals surface area contributed by atoms with E-state index in [1.165, 1.54) is 49.4 Å². The molecule has 6 nitrogen and oxygen atoms in total. The summed E-state index contributed by atoms with van der Waals surface area (Å²) in [6, 6.07) is 69.8. The van der Waals surface area contributed by atoms with Crippen LogP contribution in [0.3, 0.4) is 0 Å². The Bertz CT molecular complexity index is 9970. The zero-order valence-corrected chi connectivity index (χ0v) is 87.9. The van der Waals surface area contributed by atoms with E-state index in [1.54, 1.807) is 0 Å². The Kier molecular flexibility index (Phi) is 18.8. The molecule has 23 aromatic rings. The number of para-hydroxylation sites is 2. The molecule has 0 saturated carbocycles. The highest BCUT2D eigenvalue weighted by Gasteiger charge is 2.36. The van der Waals surface area contributed by atoms with Gasteiger partial charge >= 0.3 is 0 Å². The summed E-state index contributed by atoms with van der Waals surface area (Å²) in [5, 5.41) is 11.4. The van der Waals surface area contributed by atoms with Gasteiger partial charge in [-0.05, 0) is 252 Å². The van der Waals surface area contributed by atoms with E-state index in [9.17, 15) is 0 Å². The van der Waals surface area contributed by atoms with Gasteiger partial charge in [0.05, 0.1) is 60.9 Å². The molecule has 0 saturated heterocycles. The number of aromatic nitrogens is 2. The Morgan fingerprint density at radius 2 is 0.465 bits per heavy atom. The van der Waals surface area contributed by atoms with Crippen molar-refractivity contribution >= 4 is 131 Å². The van der Waals surface area contributed by atoms with Crippen LogP contribution in [0.15, 0.2) is 363 Å². The molecule has 0 aliphatic heterocycles. The molecule has 6 heteroatoms. The number of hydrogen-bond acceptors (Lipinski definition) is 4. The molecule has 6 heterocycles. The Morgan fingerprint density at radius 3 is 0.771 bits per heavy atom. The Balaban J connectivity index is 0.000000131. The van der Waals surface area contributed by atoms with E-state index in [0.717, 1.165) is 115 Å². The van der Waals surface area contributed by atoms with Gasteiger partial charge in [0.2, 0.25) is 0 Å². The minimum atomic E-state index is -0.406. The second kappa shape index (κ2) is 35.8. The predicted molar refractivity (Wildman–Crippen MR) is 619 cm³/mol. The molecule has 0 atom stereocenters. The van der Waals surface area contributed by atoms with Crippen LogP contribution in [0.1, 0.15) is 264 Å². The van der Waals surface area contributed by atoms with Gasteiger partial charge in [-0.3, -0.25) is 0 Å². The largest absolute Gasteiger partial charge is 0.456 e. The predicted octanol–water partition coefficient (Wildman–Crippen LogP) is 40.6. The molecule has 0 N–H and O–H groups in total. The summed E-state index contributed by atoms with van der Waals surface area (Å²) in [5.41, 5.74) is 26.2. The molecule has 23 rings (SSSR count). The lowest BCUT2D eigenvalue weighted by Gasteiger charge is -2.31. The van der Waals surface area contributed by atoms with Crippen molar-refractivity contribution in [2.24, 2.45) is 0 Å². The molecule has 0 bridgehead atoms. The number of fused-ring (bicyclic) bond motifs is 18. The molecule has 0 aliphatic rings. The summed E-state index contributed by atoms with van der Waals surface area (Å²) in [4.78, 5) is 0. The average molecular weight is 1910 g/mol. The second-order valence-electron chi connectivity index (χ2n) is 47.7. The summed E-state index contributed by atoms with van der Waals surface area (Å²) in [7, 11) is 0. The molecule has 0 unspecified atom stereocenters. The van der Waals surface area contributed by atoms with E-state index >= 15 is 0 Å². The van der Waals surface area contributed by atoms with Gasteiger partial charge in [-0.15, -0.1) is 0 Å². The van der Waals surface area contributed by atoms with E-state index in [4.69, 9.17) is 45.1 Å². The van der Waals surface area contributed by atoms with Crippen LogP contribution >= 0.6 is 0 Å². The summed E-state index contributed by atoms with van der Waals surface area (Å²) >= 11 is 0. The maximum atomic E-state index is 8.84.